The largest absolute Gasteiger partial charge is 0.320 e. The van der Waals surface area contributed by atoms with Gasteiger partial charge in [-0.25, -0.2) is 23.1 Å². The van der Waals surface area contributed by atoms with Gasteiger partial charge in [-0.05, 0) is 37.8 Å². The third-order valence-electron chi connectivity index (χ3n) is 5.62. The van der Waals surface area contributed by atoms with E-state index in [0.29, 0.717) is 28.3 Å². The van der Waals surface area contributed by atoms with Crippen LogP contribution in [0, 0.1) is 23.1 Å². The summed E-state index contributed by atoms with van der Waals surface area (Å²) in [5.41, 5.74) is 7.18. The second-order valence-corrected chi connectivity index (χ2v) is 8.18. The maximum absolute atomic E-state index is 15.0. The number of fused-ring (bicyclic) bond motifs is 3. The van der Waals surface area contributed by atoms with Crippen molar-refractivity contribution in [1.29, 1.82) is 0 Å². The van der Waals surface area contributed by atoms with Crippen molar-refractivity contribution in [3.05, 3.63) is 42.2 Å². The van der Waals surface area contributed by atoms with Crippen molar-refractivity contribution in [2.75, 3.05) is 28.9 Å². The highest BCUT2D eigenvalue weighted by atomic mass is 19.3. The van der Waals surface area contributed by atoms with E-state index >= 15 is 0 Å². The number of alkyl halides is 2. The minimum absolute atomic E-state index is 0.00108. The van der Waals surface area contributed by atoms with Gasteiger partial charge in [-0.3, -0.25) is 15.4 Å². The highest BCUT2D eigenvalue weighted by Crippen LogP contribution is 2.44. The normalized spacial score (nSPS) is 15.9. The minimum Gasteiger partial charge on any atom is -0.320 e. The van der Waals surface area contributed by atoms with Crippen molar-refractivity contribution in [3.63, 3.8) is 0 Å². The maximum Gasteiger partial charge on any atom is 0.256 e. The molecule has 3 aromatic rings. The van der Waals surface area contributed by atoms with Crippen LogP contribution in [0.15, 0.2) is 30.7 Å². The SMILES string of the molecule is CN1NNc2nc(N(CC(F)F)c3ccnc(C#CC4(C)CC4)c3)c3c(F)cncc3c21. The molecule has 4 heterocycles. The van der Waals surface area contributed by atoms with Gasteiger partial charge in [0.2, 0.25) is 0 Å². The number of aromatic nitrogens is 3. The Hall–Kier alpha value is -3.58. The molecule has 0 aromatic carbocycles. The van der Waals surface area contributed by atoms with Gasteiger partial charge in [0.1, 0.15) is 17.2 Å². The van der Waals surface area contributed by atoms with Crippen LogP contribution < -0.4 is 20.9 Å². The molecule has 32 heavy (non-hydrogen) atoms. The standard InChI is InChI=1S/C22H20F3N7/c1-22(6-7-22)5-3-13-9-14(4-8-27-13)32(12-17(24)25)21-18-15(10-26-11-16(18)23)19-20(28-21)29-30-31(19)2/h4,8-11,17,30H,6-7,12H2,1-2H3,(H,28,29). The van der Waals surface area contributed by atoms with Crippen LogP contribution in [0.4, 0.5) is 36.2 Å². The van der Waals surface area contributed by atoms with E-state index in [-0.39, 0.29) is 16.6 Å². The molecule has 0 saturated heterocycles. The van der Waals surface area contributed by atoms with E-state index in [9.17, 15) is 13.2 Å². The fourth-order valence-electron chi connectivity index (χ4n) is 3.63. The van der Waals surface area contributed by atoms with Gasteiger partial charge in [0, 0.05) is 35.9 Å². The van der Waals surface area contributed by atoms with E-state index in [1.165, 1.54) is 17.3 Å². The molecule has 1 aliphatic heterocycles. The molecule has 0 bridgehead atoms. The second kappa shape index (κ2) is 7.53. The monoisotopic (exact) mass is 439 g/mol. The molecule has 1 aliphatic carbocycles. The van der Waals surface area contributed by atoms with Crippen molar-refractivity contribution in [2.24, 2.45) is 5.41 Å². The van der Waals surface area contributed by atoms with Crippen LogP contribution in [-0.2, 0) is 0 Å². The lowest BCUT2D eigenvalue weighted by Crippen LogP contribution is -2.31. The van der Waals surface area contributed by atoms with Crippen LogP contribution >= 0.6 is 0 Å². The molecule has 0 atom stereocenters. The number of hydrazine groups is 2. The molecular formula is C22H20F3N7. The molecule has 2 aliphatic rings. The molecule has 0 radical (unpaired) electrons. The maximum atomic E-state index is 15.0. The summed E-state index contributed by atoms with van der Waals surface area (Å²) in [6.45, 7) is 1.39. The molecule has 1 fully saturated rings. The van der Waals surface area contributed by atoms with Crippen molar-refractivity contribution in [3.8, 4) is 11.8 Å². The van der Waals surface area contributed by atoms with E-state index in [2.05, 4.69) is 44.7 Å². The summed E-state index contributed by atoms with van der Waals surface area (Å²) in [5, 5.41) is 2.18. The zero-order valence-corrected chi connectivity index (χ0v) is 17.5. The van der Waals surface area contributed by atoms with Crippen LogP contribution in [-0.4, -0.2) is 35.0 Å². The first kappa shape index (κ1) is 20.3. The number of hydrogen-bond acceptors (Lipinski definition) is 7. The summed E-state index contributed by atoms with van der Waals surface area (Å²) in [6, 6.07) is 3.21. The van der Waals surface area contributed by atoms with Crippen molar-refractivity contribution in [2.45, 2.75) is 26.2 Å². The number of nitrogens with one attached hydrogen (secondary N) is 2. The molecule has 7 nitrogen and oxygen atoms in total. The first-order chi connectivity index (χ1) is 15.3. The Morgan fingerprint density at radius 2 is 2.12 bits per heavy atom. The van der Waals surface area contributed by atoms with Gasteiger partial charge in [-0.15, -0.1) is 5.53 Å². The Morgan fingerprint density at radius 3 is 2.88 bits per heavy atom. The number of pyridine rings is 3. The van der Waals surface area contributed by atoms with Gasteiger partial charge in [-0.1, -0.05) is 5.92 Å². The van der Waals surface area contributed by atoms with Crippen LogP contribution in [0.25, 0.3) is 10.8 Å². The third kappa shape index (κ3) is 3.65. The van der Waals surface area contributed by atoms with E-state index in [1.54, 1.807) is 24.2 Å². The molecule has 0 spiro atoms. The summed E-state index contributed by atoms with van der Waals surface area (Å²) in [6.07, 6.45) is 3.43. The molecule has 2 N–H and O–H groups in total. The van der Waals surface area contributed by atoms with Gasteiger partial charge in [0.25, 0.3) is 6.43 Å². The van der Waals surface area contributed by atoms with Gasteiger partial charge in [0.05, 0.1) is 18.1 Å². The quantitative estimate of drug-likeness (QED) is 0.596. The van der Waals surface area contributed by atoms with Gasteiger partial charge >= 0.3 is 0 Å². The third-order valence-corrected chi connectivity index (χ3v) is 5.62. The fraction of sp³-hybridized carbons (Fsp3) is 0.318. The molecular weight excluding hydrogens is 419 g/mol. The van der Waals surface area contributed by atoms with E-state index in [4.69, 9.17) is 0 Å². The lowest BCUT2D eigenvalue weighted by atomic mass is 10.1. The minimum atomic E-state index is -2.69. The zero-order valence-electron chi connectivity index (χ0n) is 17.5. The van der Waals surface area contributed by atoms with Crippen molar-refractivity contribution < 1.29 is 13.2 Å². The van der Waals surface area contributed by atoms with Crippen LogP contribution in [0.2, 0.25) is 0 Å². The summed E-state index contributed by atoms with van der Waals surface area (Å²) in [4.78, 5) is 14.0. The molecule has 0 amide bonds. The van der Waals surface area contributed by atoms with Crippen LogP contribution in [0.1, 0.15) is 25.5 Å². The van der Waals surface area contributed by atoms with Gasteiger partial charge < -0.3 is 4.90 Å². The van der Waals surface area contributed by atoms with Crippen LogP contribution in [0.3, 0.4) is 0 Å². The predicted molar refractivity (Wildman–Crippen MR) is 116 cm³/mol. The summed E-state index contributed by atoms with van der Waals surface area (Å²) >= 11 is 0. The number of hydrogen-bond donors (Lipinski definition) is 2. The summed E-state index contributed by atoms with van der Waals surface area (Å²) < 4.78 is 42.3. The molecule has 164 valence electrons. The number of anilines is 4. The Labute approximate surface area is 182 Å². The topological polar surface area (TPSA) is 69.2 Å². The average Bonchev–Trinajstić information content (AvgIpc) is 3.39. The number of nitrogens with zero attached hydrogens (tertiary/aromatic N) is 5. The lowest BCUT2D eigenvalue weighted by Gasteiger charge is -2.26. The zero-order chi connectivity index (χ0) is 22.5. The van der Waals surface area contributed by atoms with E-state index in [0.717, 1.165) is 19.0 Å². The molecule has 3 aromatic heterocycles. The first-order valence-electron chi connectivity index (χ1n) is 10.1. The number of rotatable bonds is 4. The smallest absolute Gasteiger partial charge is 0.256 e. The Bertz CT molecular complexity index is 1260. The van der Waals surface area contributed by atoms with Gasteiger partial charge in [-0.2, -0.15) is 0 Å². The number of halogens is 3. The molecule has 0 unspecified atom stereocenters. The summed E-state index contributed by atoms with van der Waals surface area (Å²) in [5.74, 6) is 6.02. The highest BCUT2D eigenvalue weighted by Gasteiger charge is 2.35. The van der Waals surface area contributed by atoms with Gasteiger partial charge in [0.15, 0.2) is 11.6 Å². The second-order valence-electron chi connectivity index (χ2n) is 8.18. The first-order valence-corrected chi connectivity index (χ1v) is 10.1. The lowest BCUT2D eigenvalue weighted by molar-refractivity contribution is 0.158. The van der Waals surface area contributed by atoms with Crippen molar-refractivity contribution >= 4 is 33.8 Å². The molecule has 1 saturated carbocycles. The van der Waals surface area contributed by atoms with Crippen molar-refractivity contribution in [1.82, 2.24) is 20.5 Å². The average molecular weight is 439 g/mol. The summed E-state index contributed by atoms with van der Waals surface area (Å²) in [7, 11) is 1.73. The van der Waals surface area contributed by atoms with Crippen LogP contribution in [0.5, 0.6) is 0 Å². The van der Waals surface area contributed by atoms with E-state index < -0.39 is 18.8 Å². The molecule has 5 rings (SSSR count). The molecule has 10 heteroatoms. The Balaban J connectivity index is 1.68. The van der Waals surface area contributed by atoms with E-state index in [1.807, 2.05) is 0 Å². The Morgan fingerprint density at radius 1 is 1.31 bits per heavy atom. The fourth-order valence-corrected chi connectivity index (χ4v) is 3.63. The Kier molecular flexibility index (Phi) is 4.78. The predicted octanol–water partition coefficient (Wildman–Crippen LogP) is 4.00. The highest BCUT2D eigenvalue weighted by molar-refractivity contribution is 6.06.